The van der Waals surface area contributed by atoms with Gasteiger partial charge in [-0.3, -0.25) is 14.4 Å². The Morgan fingerprint density at radius 2 is 1.61 bits per heavy atom. The summed E-state index contributed by atoms with van der Waals surface area (Å²) in [6.07, 6.45) is 2.32. The zero-order valence-corrected chi connectivity index (χ0v) is 12.7. The molecule has 0 rings (SSSR count). The van der Waals surface area contributed by atoms with Crippen LogP contribution in [0.1, 0.15) is 40.0 Å². The first-order valence-electron chi connectivity index (χ1n) is 5.85. The van der Waals surface area contributed by atoms with Crippen LogP contribution in [0, 0.1) is 0 Å². The van der Waals surface area contributed by atoms with Gasteiger partial charge in [0.05, 0.1) is 0 Å². The van der Waals surface area contributed by atoms with Gasteiger partial charge in [-0.2, -0.15) is 0 Å². The molecule has 0 aromatic rings. The zero-order chi connectivity index (χ0) is 14.0. The second kappa shape index (κ2) is 10.4. The van der Waals surface area contributed by atoms with Crippen LogP contribution < -0.4 is 0 Å². The lowest BCUT2D eigenvalue weighted by Gasteiger charge is -2.15. The molecule has 0 aromatic carbocycles. The van der Waals surface area contributed by atoms with Crippen LogP contribution >= 0.6 is 23.5 Å². The van der Waals surface area contributed by atoms with E-state index in [9.17, 15) is 14.4 Å². The van der Waals surface area contributed by atoms with Crippen LogP contribution in [0.15, 0.2) is 0 Å². The number of carbonyl (C=O) groups is 3. The van der Waals surface area contributed by atoms with Crippen molar-refractivity contribution in [2.75, 3.05) is 11.5 Å². The molecule has 0 N–H and O–H groups in total. The van der Waals surface area contributed by atoms with Crippen molar-refractivity contribution < 1.29 is 19.1 Å². The van der Waals surface area contributed by atoms with Crippen molar-refractivity contribution in [3.63, 3.8) is 0 Å². The molecule has 0 radical (unpaired) electrons. The number of hydrogen-bond acceptors (Lipinski definition) is 6. The van der Waals surface area contributed by atoms with Gasteiger partial charge < -0.3 is 4.74 Å². The summed E-state index contributed by atoms with van der Waals surface area (Å²) >= 11 is 2.48. The van der Waals surface area contributed by atoms with Crippen LogP contribution in [0.3, 0.4) is 0 Å². The molecule has 104 valence electrons. The van der Waals surface area contributed by atoms with Gasteiger partial charge in [0.1, 0.15) is 6.10 Å². The van der Waals surface area contributed by atoms with Gasteiger partial charge in [-0.1, -0.05) is 23.5 Å². The number of unbranched alkanes of at least 4 members (excludes halogenated alkanes) is 1. The quantitative estimate of drug-likeness (QED) is 0.506. The van der Waals surface area contributed by atoms with Gasteiger partial charge in [-0.15, -0.1) is 0 Å². The summed E-state index contributed by atoms with van der Waals surface area (Å²) in [6.45, 7) is 4.42. The zero-order valence-electron chi connectivity index (χ0n) is 11.1. The minimum Gasteiger partial charge on any atom is -0.462 e. The fraction of sp³-hybridized carbons (Fsp3) is 0.750. The smallest absolute Gasteiger partial charge is 0.302 e. The van der Waals surface area contributed by atoms with Crippen molar-refractivity contribution in [2.45, 2.75) is 46.1 Å². The number of esters is 1. The van der Waals surface area contributed by atoms with Crippen LogP contribution in [0.5, 0.6) is 0 Å². The van der Waals surface area contributed by atoms with Crippen LogP contribution in [0.2, 0.25) is 0 Å². The molecule has 0 amide bonds. The minimum absolute atomic E-state index is 0.0271. The molecular weight excluding hydrogens is 272 g/mol. The van der Waals surface area contributed by atoms with Gasteiger partial charge in [0.25, 0.3) is 0 Å². The van der Waals surface area contributed by atoms with Gasteiger partial charge in [0, 0.05) is 32.3 Å². The van der Waals surface area contributed by atoms with E-state index in [1.165, 1.54) is 37.4 Å². The first-order valence-corrected chi connectivity index (χ1v) is 7.83. The van der Waals surface area contributed by atoms with Gasteiger partial charge in [-0.05, 0) is 19.3 Å². The third-order valence-corrected chi connectivity index (χ3v) is 3.88. The van der Waals surface area contributed by atoms with Crippen LogP contribution in [-0.2, 0) is 19.1 Å². The molecule has 1 atom stereocenters. The van der Waals surface area contributed by atoms with E-state index in [-0.39, 0.29) is 22.3 Å². The molecule has 6 heteroatoms. The topological polar surface area (TPSA) is 60.4 Å². The maximum absolute atomic E-state index is 10.9. The van der Waals surface area contributed by atoms with E-state index < -0.39 is 0 Å². The normalized spacial score (nSPS) is 11.9. The molecule has 18 heavy (non-hydrogen) atoms. The Labute approximate surface area is 117 Å². The molecule has 0 aliphatic heterocycles. The largest absolute Gasteiger partial charge is 0.462 e. The first kappa shape index (κ1) is 17.5. The van der Waals surface area contributed by atoms with Crippen LogP contribution in [-0.4, -0.2) is 33.8 Å². The molecule has 4 nitrogen and oxygen atoms in total. The highest BCUT2D eigenvalue weighted by Crippen LogP contribution is 2.15. The third kappa shape index (κ3) is 12.0. The van der Waals surface area contributed by atoms with E-state index in [0.29, 0.717) is 5.75 Å². The number of ether oxygens (including phenoxy) is 1. The van der Waals surface area contributed by atoms with Crippen molar-refractivity contribution in [2.24, 2.45) is 0 Å². The van der Waals surface area contributed by atoms with Gasteiger partial charge in [0.2, 0.25) is 0 Å². The Balaban J connectivity index is 3.81. The van der Waals surface area contributed by atoms with Gasteiger partial charge in [-0.25, -0.2) is 0 Å². The lowest BCUT2D eigenvalue weighted by molar-refractivity contribution is -0.145. The second-order valence-electron chi connectivity index (χ2n) is 3.87. The predicted octanol–water partition coefficient (Wildman–Crippen LogP) is 2.65. The average Bonchev–Trinajstić information content (AvgIpc) is 2.23. The van der Waals surface area contributed by atoms with Crippen molar-refractivity contribution >= 4 is 39.7 Å². The van der Waals surface area contributed by atoms with E-state index in [2.05, 4.69) is 0 Å². The number of rotatable bonds is 8. The van der Waals surface area contributed by atoms with Crippen molar-refractivity contribution in [3.8, 4) is 0 Å². The highest BCUT2D eigenvalue weighted by molar-refractivity contribution is 8.13. The monoisotopic (exact) mass is 292 g/mol. The minimum atomic E-state index is -0.317. The molecule has 0 saturated carbocycles. The highest BCUT2D eigenvalue weighted by atomic mass is 32.2. The van der Waals surface area contributed by atoms with Gasteiger partial charge in [0.15, 0.2) is 10.2 Å². The molecule has 0 aliphatic carbocycles. The number of hydrogen-bond donors (Lipinski definition) is 0. The Morgan fingerprint density at radius 1 is 1.00 bits per heavy atom. The summed E-state index contributed by atoms with van der Waals surface area (Å²) in [5.41, 5.74) is 0. The van der Waals surface area contributed by atoms with Gasteiger partial charge >= 0.3 is 5.97 Å². The summed E-state index contributed by atoms with van der Waals surface area (Å²) < 4.78 is 5.14. The standard InChI is InChI=1S/C12H20O4S2/c1-9(13)16-12(8-18-11(3)15)6-4-5-7-17-10(2)14/h12H,4-8H2,1-3H3. The molecular formula is C12H20O4S2. The summed E-state index contributed by atoms with van der Waals surface area (Å²) in [5, 5.41) is 0.151. The molecule has 0 aromatic heterocycles. The van der Waals surface area contributed by atoms with Crippen molar-refractivity contribution in [3.05, 3.63) is 0 Å². The summed E-state index contributed by atoms with van der Waals surface area (Å²) in [7, 11) is 0. The fourth-order valence-electron chi connectivity index (χ4n) is 1.31. The molecule has 0 fully saturated rings. The molecule has 0 spiro atoms. The summed E-state index contributed by atoms with van der Waals surface area (Å²) in [5.74, 6) is 0.985. The fourth-order valence-corrected chi connectivity index (χ4v) is 2.60. The molecule has 1 unspecified atom stereocenters. The first-order chi connectivity index (χ1) is 8.41. The average molecular weight is 292 g/mol. The number of thioether (sulfide) groups is 2. The van der Waals surface area contributed by atoms with E-state index >= 15 is 0 Å². The van der Waals surface area contributed by atoms with Crippen LogP contribution in [0.25, 0.3) is 0 Å². The van der Waals surface area contributed by atoms with Crippen LogP contribution in [0.4, 0.5) is 0 Å². The molecule has 0 aliphatic rings. The highest BCUT2D eigenvalue weighted by Gasteiger charge is 2.13. The van der Waals surface area contributed by atoms with Crippen molar-refractivity contribution in [1.82, 2.24) is 0 Å². The number of carbonyl (C=O) groups excluding carboxylic acids is 3. The Morgan fingerprint density at radius 3 is 2.11 bits per heavy atom. The van der Waals surface area contributed by atoms with E-state index in [4.69, 9.17) is 4.74 Å². The molecule has 0 saturated heterocycles. The maximum atomic E-state index is 10.9. The summed E-state index contributed by atoms with van der Waals surface area (Å²) in [4.78, 5) is 32.5. The lowest BCUT2D eigenvalue weighted by Crippen LogP contribution is -2.19. The third-order valence-electron chi connectivity index (χ3n) is 2.03. The second-order valence-corrected chi connectivity index (χ2v) is 6.34. The Hall–Kier alpha value is -0.490. The lowest BCUT2D eigenvalue weighted by atomic mass is 10.2. The Kier molecular flexibility index (Phi) is 10.2. The van der Waals surface area contributed by atoms with Crippen molar-refractivity contribution in [1.29, 1.82) is 0 Å². The van der Waals surface area contributed by atoms with E-state index in [0.717, 1.165) is 25.0 Å². The van der Waals surface area contributed by atoms with E-state index in [1.807, 2.05) is 0 Å². The molecule has 0 bridgehead atoms. The SMILES string of the molecule is CC(=O)OC(CCCCSC(C)=O)CSC(C)=O. The Bertz CT molecular complexity index is 292. The molecule has 0 heterocycles. The maximum Gasteiger partial charge on any atom is 0.302 e. The summed E-state index contributed by atoms with van der Waals surface area (Å²) in [6, 6.07) is 0. The van der Waals surface area contributed by atoms with E-state index in [1.54, 1.807) is 6.92 Å². The predicted molar refractivity (Wildman–Crippen MR) is 75.7 cm³/mol.